The van der Waals surface area contributed by atoms with Gasteiger partial charge in [-0.25, -0.2) is 0 Å². The number of rotatable bonds is 5. The highest BCUT2D eigenvalue weighted by Crippen LogP contribution is 2.28. The van der Waals surface area contributed by atoms with Gasteiger partial charge >= 0.3 is 0 Å². The molecule has 0 fully saturated rings. The molecule has 0 atom stereocenters. The Bertz CT molecular complexity index is 839. The van der Waals surface area contributed by atoms with Gasteiger partial charge in [-0.3, -0.25) is 9.52 Å². The van der Waals surface area contributed by atoms with E-state index in [1.807, 2.05) is 0 Å². The highest BCUT2D eigenvalue weighted by atomic mass is 79.9. The van der Waals surface area contributed by atoms with Crippen LogP contribution in [-0.4, -0.2) is 24.5 Å². The molecule has 7 nitrogen and oxygen atoms in total. The second-order valence-corrected chi connectivity index (χ2v) is 8.85. The number of hydrogen-bond acceptors (Lipinski definition) is 6. The molecule has 1 aromatic carbocycles. The standard InChI is InChI=1S/C12H12BrClN4O3S2/c1-6(2)10(19)15-11-16-17-12(22-11)23(20,21)18-7-3-4-8(13)9(14)5-7/h3-6,18H,1-2H3,(H,15,16,19). The van der Waals surface area contributed by atoms with Gasteiger partial charge < -0.3 is 5.32 Å². The van der Waals surface area contributed by atoms with Crippen LogP contribution in [0.5, 0.6) is 0 Å². The monoisotopic (exact) mass is 438 g/mol. The Morgan fingerprint density at radius 2 is 2.04 bits per heavy atom. The molecule has 0 aliphatic heterocycles. The maximum absolute atomic E-state index is 12.3. The minimum atomic E-state index is -3.91. The van der Waals surface area contributed by atoms with Crippen LogP contribution in [0.2, 0.25) is 5.02 Å². The van der Waals surface area contributed by atoms with E-state index in [9.17, 15) is 13.2 Å². The van der Waals surface area contributed by atoms with Gasteiger partial charge in [-0.15, -0.1) is 10.2 Å². The number of halogens is 2. The summed E-state index contributed by atoms with van der Waals surface area (Å²) in [6.45, 7) is 3.43. The van der Waals surface area contributed by atoms with Gasteiger partial charge in [0.15, 0.2) is 0 Å². The molecule has 0 aliphatic rings. The summed E-state index contributed by atoms with van der Waals surface area (Å²) >= 11 is 9.91. The second-order valence-electron chi connectivity index (χ2n) is 4.75. The highest BCUT2D eigenvalue weighted by molar-refractivity contribution is 9.10. The number of sulfonamides is 1. The Kier molecular flexibility index (Phi) is 5.61. The van der Waals surface area contributed by atoms with Gasteiger partial charge in [0.05, 0.1) is 10.7 Å². The molecule has 1 aromatic heterocycles. The lowest BCUT2D eigenvalue weighted by Crippen LogP contribution is -2.17. The van der Waals surface area contributed by atoms with Crippen LogP contribution in [0.3, 0.4) is 0 Å². The van der Waals surface area contributed by atoms with Crippen LogP contribution in [0.15, 0.2) is 27.0 Å². The average molecular weight is 440 g/mol. The quantitative estimate of drug-likeness (QED) is 0.696. The number of hydrogen-bond donors (Lipinski definition) is 2. The Balaban J connectivity index is 2.18. The van der Waals surface area contributed by atoms with Gasteiger partial charge in [0.1, 0.15) is 0 Å². The van der Waals surface area contributed by atoms with E-state index in [0.29, 0.717) is 15.2 Å². The summed E-state index contributed by atoms with van der Waals surface area (Å²) in [4.78, 5) is 11.6. The topological polar surface area (TPSA) is 101 Å². The number of nitrogens with one attached hydrogen (secondary N) is 2. The van der Waals surface area contributed by atoms with E-state index in [2.05, 4.69) is 36.2 Å². The lowest BCUT2D eigenvalue weighted by molar-refractivity contribution is -0.118. The van der Waals surface area contributed by atoms with Gasteiger partial charge in [-0.2, -0.15) is 8.42 Å². The molecule has 2 aromatic rings. The summed E-state index contributed by atoms with van der Waals surface area (Å²) in [5.74, 6) is -0.514. The number of carbonyl (C=O) groups excluding carboxylic acids is 1. The van der Waals surface area contributed by atoms with Crippen LogP contribution in [0.25, 0.3) is 0 Å². The summed E-state index contributed by atoms with van der Waals surface area (Å²) < 4.78 is 27.3. The smallest absolute Gasteiger partial charge is 0.291 e. The van der Waals surface area contributed by atoms with E-state index in [4.69, 9.17) is 11.6 Å². The Morgan fingerprint density at radius 1 is 1.35 bits per heavy atom. The third-order valence-corrected chi connectivity index (χ3v) is 6.38. The first-order chi connectivity index (χ1) is 10.7. The van der Waals surface area contributed by atoms with Crippen molar-refractivity contribution in [1.29, 1.82) is 0 Å². The molecule has 0 unspecified atom stereocenters. The maximum Gasteiger partial charge on any atom is 0.291 e. The molecular weight excluding hydrogens is 428 g/mol. The Labute approximate surface area is 150 Å². The normalized spacial score (nSPS) is 11.5. The predicted molar refractivity (Wildman–Crippen MR) is 93.3 cm³/mol. The molecule has 11 heteroatoms. The lowest BCUT2D eigenvalue weighted by atomic mass is 10.2. The average Bonchev–Trinajstić information content (AvgIpc) is 2.92. The molecule has 0 bridgehead atoms. The summed E-state index contributed by atoms with van der Waals surface area (Å²) in [5, 5.41) is 10.3. The van der Waals surface area contributed by atoms with Crippen LogP contribution in [0.4, 0.5) is 10.8 Å². The first-order valence-electron chi connectivity index (χ1n) is 6.31. The molecule has 23 heavy (non-hydrogen) atoms. The van der Waals surface area contributed by atoms with Crippen molar-refractivity contribution in [2.24, 2.45) is 5.92 Å². The van der Waals surface area contributed by atoms with Gasteiger partial charge in [0.25, 0.3) is 14.4 Å². The van der Waals surface area contributed by atoms with Crippen molar-refractivity contribution in [1.82, 2.24) is 10.2 Å². The first kappa shape index (κ1) is 18.1. The van der Waals surface area contributed by atoms with E-state index in [-0.39, 0.29) is 21.3 Å². The lowest BCUT2D eigenvalue weighted by Gasteiger charge is -2.06. The van der Waals surface area contributed by atoms with Crippen molar-refractivity contribution in [2.45, 2.75) is 18.2 Å². The van der Waals surface area contributed by atoms with Crippen LogP contribution in [0.1, 0.15) is 13.8 Å². The van der Waals surface area contributed by atoms with Crippen LogP contribution in [-0.2, 0) is 14.8 Å². The zero-order valence-corrected chi connectivity index (χ0v) is 16.0. The molecule has 0 spiro atoms. The number of anilines is 2. The second kappa shape index (κ2) is 7.12. The highest BCUT2D eigenvalue weighted by Gasteiger charge is 2.21. The number of benzene rings is 1. The minimum absolute atomic E-state index is 0.123. The molecule has 124 valence electrons. The van der Waals surface area contributed by atoms with Gasteiger partial charge in [-0.1, -0.05) is 36.8 Å². The van der Waals surface area contributed by atoms with Gasteiger partial charge in [-0.05, 0) is 34.1 Å². The molecule has 0 saturated heterocycles. The molecule has 1 heterocycles. The molecule has 0 radical (unpaired) electrons. The summed E-state index contributed by atoms with van der Waals surface area (Å²) in [5.41, 5.74) is 0.293. The van der Waals surface area contributed by atoms with Crippen LogP contribution in [0, 0.1) is 5.92 Å². The molecular formula is C12H12BrClN4O3S2. The third-order valence-electron chi connectivity index (χ3n) is 2.56. The molecule has 2 N–H and O–H groups in total. The molecule has 0 aliphatic carbocycles. The first-order valence-corrected chi connectivity index (χ1v) is 9.78. The number of amides is 1. The molecule has 2 rings (SSSR count). The van der Waals surface area contributed by atoms with Crippen molar-refractivity contribution in [2.75, 3.05) is 10.0 Å². The third kappa shape index (κ3) is 4.63. The summed E-state index contributed by atoms with van der Waals surface area (Å²) in [6, 6.07) is 4.64. The fourth-order valence-electron chi connectivity index (χ4n) is 1.38. The van der Waals surface area contributed by atoms with Crippen molar-refractivity contribution >= 4 is 65.6 Å². The largest absolute Gasteiger partial charge is 0.300 e. The van der Waals surface area contributed by atoms with Crippen LogP contribution >= 0.6 is 38.9 Å². The van der Waals surface area contributed by atoms with Crippen molar-refractivity contribution in [3.8, 4) is 0 Å². The zero-order chi connectivity index (χ0) is 17.2. The fraction of sp³-hybridized carbons (Fsp3) is 0.250. The van der Waals surface area contributed by atoms with Crippen molar-refractivity contribution < 1.29 is 13.2 Å². The van der Waals surface area contributed by atoms with E-state index < -0.39 is 10.0 Å². The predicted octanol–water partition coefficient (Wildman–Crippen LogP) is 3.35. The Hall–Kier alpha value is -1.23. The van der Waals surface area contributed by atoms with E-state index in [0.717, 1.165) is 11.3 Å². The number of nitrogens with zero attached hydrogens (tertiary/aromatic N) is 2. The van der Waals surface area contributed by atoms with E-state index in [1.54, 1.807) is 26.0 Å². The number of aromatic nitrogens is 2. The van der Waals surface area contributed by atoms with Crippen LogP contribution < -0.4 is 10.0 Å². The van der Waals surface area contributed by atoms with E-state index >= 15 is 0 Å². The maximum atomic E-state index is 12.3. The summed E-state index contributed by atoms with van der Waals surface area (Å²) in [7, 11) is -3.91. The minimum Gasteiger partial charge on any atom is -0.300 e. The van der Waals surface area contributed by atoms with Gasteiger partial charge in [0, 0.05) is 10.4 Å². The fourth-order valence-corrected chi connectivity index (χ4v) is 3.76. The molecule has 1 amide bonds. The zero-order valence-electron chi connectivity index (χ0n) is 12.0. The summed E-state index contributed by atoms with van der Waals surface area (Å²) in [6.07, 6.45) is 0. The van der Waals surface area contributed by atoms with Crippen molar-refractivity contribution in [3.63, 3.8) is 0 Å². The van der Waals surface area contributed by atoms with Gasteiger partial charge in [0.2, 0.25) is 11.0 Å². The SMILES string of the molecule is CC(C)C(=O)Nc1nnc(S(=O)(=O)Nc2ccc(Br)c(Cl)c2)s1. The molecule has 0 saturated carbocycles. The van der Waals surface area contributed by atoms with Crippen molar-refractivity contribution in [3.05, 3.63) is 27.7 Å². The number of carbonyl (C=O) groups is 1. The Morgan fingerprint density at radius 3 is 2.65 bits per heavy atom. The van der Waals surface area contributed by atoms with E-state index in [1.165, 1.54) is 6.07 Å².